The fraction of sp³-hybridized carbons (Fsp3) is 0.391. The van der Waals surface area contributed by atoms with Gasteiger partial charge in [0.05, 0.1) is 11.4 Å². The van der Waals surface area contributed by atoms with Crippen molar-refractivity contribution in [2.45, 2.75) is 117 Å². The zero-order valence-electron chi connectivity index (χ0n) is 33.2. The van der Waals surface area contributed by atoms with Gasteiger partial charge in [-0.25, -0.2) is 0 Å². The van der Waals surface area contributed by atoms with Crippen LogP contribution in [0.2, 0.25) is 0 Å². The average Bonchev–Trinajstić information content (AvgIpc) is 3.62. The van der Waals surface area contributed by atoms with E-state index in [-0.39, 0.29) is 40.8 Å². The second-order valence-electron chi connectivity index (χ2n) is 20.3. The quantitative estimate of drug-likeness (QED) is 0.152. The molecule has 0 atom stereocenters. The van der Waals surface area contributed by atoms with Crippen LogP contribution in [-0.4, -0.2) is 18.5 Å². The predicted molar refractivity (Wildman–Crippen MR) is 220 cm³/mol. The Morgan fingerprint density at radius 2 is 1.08 bits per heavy atom. The number of hydrazine groups is 1. The maximum atomic E-state index is 7.27. The zero-order valence-corrected chi connectivity index (χ0v) is 33.2. The van der Waals surface area contributed by atoms with Gasteiger partial charge in [0, 0.05) is 16.3 Å². The molecule has 52 heavy (non-hydrogen) atoms. The van der Waals surface area contributed by atoms with Gasteiger partial charge in [0.25, 0.3) is 0 Å². The van der Waals surface area contributed by atoms with E-state index < -0.39 is 0 Å². The minimum atomic E-state index is -0.0679. The lowest BCUT2D eigenvalue weighted by Crippen LogP contribution is -2.66. The summed E-state index contributed by atoms with van der Waals surface area (Å²) in [6.07, 6.45) is 0. The van der Waals surface area contributed by atoms with Crippen LogP contribution in [0.15, 0.2) is 66.7 Å². The Labute approximate surface area is 310 Å². The van der Waals surface area contributed by atoms with Crippen molar-refractivity contribution in [1.82, 2.24) is 4.83 Å². The number of hydrogen-bond donors (Lipinski definition) is 0. The Kier molecular flexibility index (Phi) is 5.93. The first kappa shape index (κ1) is 32.5. The van der Waals surface area contributed by atoms with E-state index in [9.17, 15) is 0 Å². The van der Waals surface area contributed by atoms with Gasteiger partial charge in [-0.3, -0.25) is 9.84 Å². The molecule has 10 rings (SSSR count). The smallest absolute Gasteiger partial charge is 0.310 e. The highest BCUT2D eigenvalue weighted by atomic mass is 16.5. The van der Waals surface area contributed by atoms with E-state index in [1.807, 2.05) is 0 Å². The molecule has 6 heteroatoms. The monoisotopic (exact) mass is 684 g/mol. The molecule has 5 aromatic rings. The van der Waals surface area contributed by atoms with Gasteiger partial charge in [-0.1, -0.05) is 126 Å². The van der Waals surface area contributed by atoms with Crippen LogP contribution in [0.5, 0.6) is 23.0 Å². The van der Waals surface area contributed by atoms with Gasteiger partial charge in [0.1, 0.15) is 23.0 Å². The maximum absolute atomic E-state index is 7.27. The van der Waals surface area contributed by atoms with E-state index in [4.69, 9.17) is 9.47 Å². The third-order valence-corrected chi connectivity index (χ3v) is 13.7. The molecule has 5 aliphatic rings. The van der Waals surface area contributed by atoms with E-state index in [2.05, 4.69) is 167 Å². The summed E-state index contributed by atoms with van der Waals surface area (Å²) in [5, 5.41) is 5.15. The highest BCUT2D eigenvalue weighted by Crippen LogP contribution is 2.57. The predicted octanol–water partition coefficient (Wildman–Crippen LogP) is 9.11. The summed E-state index contributed by atoms with van der Waals surface area (Å²) in [5.41, 5.74) is 13.9. The maximum Gasteiger partial charge on any atom is 0.310 e. The van der Waals surface area contributed by atoms with Gasteiger partial charge < -0.3 is 9.47 Å². The Morgan fingerprint density at radius 1 is 0.538 bits per heavy atom. The van der Waals surface area contributed by atoms with Gasteiger partial charge >= 0.3 is 13.7 Å². The lowest BCUT2D eigenvalue weighted by atomic mass is 9.38. The Bertz CT molecular complexity index is 2460. The molecule has 0 bridgehead atoms. The van der Waals surface area contributed by atoms with Crippen LogP contribution in [-0.2, 0) is 27.1 Å². The number of ether oxygens (including phenoxy) is 2. The first-order chi connectivity index (χ1) is 24.2. The number of nitrogens with zero attached hydrogens (tertiary/aromatic N) is 2. The number of fused-ring (bicyclic) bond motifs is 10. The normalized spacial score (nSPS) is 18.5. The van der Waals surface area contributed by atoms with E-state index in [0.29, 0.717) is 0 Å². The first-order valence-corrected chi connectivity index (χ1v) is 19.3. The van der Waals surface area contributed by atoms with Crippen LogP contribution >= 0.6 is 0 Å². The minimum absolute atomic E-state index is 0.00371. The molecule has 262 valence electrons. The molecule has 1 aliphatic carbocycles. The molecule has 0 saturated heterocycles. The molecule has 4 aliphatic heterocycles. The Hall–Kier alpha value is -4.15. The summed E-state index contributed by atoms with van der Waals surface area (Å²) in [4.78, 5) is 2.69. The molecule has 0 N–H and O–H groups in total. The molecular weight excluding hydrogens is 634 g/mol. The standard InChI is InChI=1S/C46H50B2N2O2/c1-42(2,3)25-17-18-31-35(21-25)51-36-22-26(43(4,5)6)19-33-39(36)47(31)50-48-32-24-30-38-28(15-14-16-29(38)45(10,11)46(30,12)13)41(32)52-37-23-27(44(7,8)9)20-34(40(37)48)49(33)50/h14-24H,1-13H3. The van der Waals surface area contributed by atoms with Gasteiger partial charge in [-0.2, -0.15) is 0 Å². The number of hydrogen-bond acceptors (Lipinski definition) is 4. The van der Waals surface area contributed by atoms with Gasteiger partial charge in [0.15, 0.2) is 0 Å². The third kappa shape index (κ3) is 3.90. The molecule has 4 nitrogen and oxygen atoms in total. The van der Waals surface area contributed by atoms with Crippen LogP contribution in [0, 0.1) is 0 Å². The summed E-state index contributed by atoms with van der Waals surface area (Å²) >= 11 is 0. The van der Waals surface area contributed by atoms with E-state index in [1.54, 1.807) is 0 Å². The number of benzene rings is 5. The first-order valence-electron chi connectivity index (χ1n) is 19.3. The lowest BCUT2D eigenvalue weighted by Gasteiger charge is -2.38. The van der Waals surface area contributed by atoms with E-state index >= 15 is 0 Å². The Balaban J connectivity index is 1.31. The van der Waals surface area contributed by atoms with Gasteiger partial charge in [0.2, 0.25) is 0 Å². The fourth-order valence-electron chi connectivity index (χ4n) is 9.81. The van der Waals surface area contributed by atoms with Crippen molar-refractivity contribution in [3.8, 4) is 23.0 Å². The molecule has 4 heterocycles. The number of anilines is 2. The van der Waals surface area contributed by atoms with Crippen molar-refractivity contribution in [2.24, 2.45) is 0 Å². The molecule has 0 fully saturated rings. The SMILES string of the molecule is CC(C)(C)c1ccc2c(c1)Oc1cc(C(C)(C)C)cc3c1B2N1B2c4cc5c6c(cccc6c4Oc4cc(C(C)(C)C)cc(c42)N31)C(C)(C)C5(C)C. The highest BCUT2D eigenvalue weighted by Gasteiger charge is 2.60. The van der Waals surface area contributed by atoms with Crippen molar-refractivity contribution < 1.29 is 9.47 Å². The van der Waals surface area contributed by atoms with Gasteiger partial charge in [-0.05, 0) is 102 Å². The second-order valence-corrected chi connectivity index (χ2v) is 20.3. The topological polar surface area (TPSA) is 24.9 Å². The van der Waals surface area contributed by atoms with E-state index in [1.165, 1.54) is 71.8 Å². The lowest BCUT2D eigenvalue weighted by molar-refractivity contribution is 0.322. The largest absolute Gasteiger partial charge is 0.458 e. The van der Waals surface area contributed by atoms with Crippen LogP contribution in [0.4, 0.5) is 11.4 Å². The van der Waals surface area contributed by atoms with Crippen molar-refractivity contribution in [1.29, 1.82) is 0 Å². The van der Waals surface area contributed by atoms with Gasteiger partial charge in [-0.15, -0.1) is 0 Å². The summed E-state index contributed by atoms with van der Waals surface area (Å²) < 4.78 is 14.3. The summed E-state index contributed by atoms with van der Waals surface area (Å²) in [7, 11) is 0. The van der Waals surface area contributed by atoms with E-state index in [0.717, 1.165) is 23.0 Å². The molecule has 0 spiro atoms. The summed E-state index contributed by atoms with van der Waals surface area (Å²) in [6, 6.07) is 25.9. The molecule has 0 unspecified atom stereocenters. The zero-order chi connectivity index (χ0) is 36.8. The van der Waals surface area contributed by atoms with Crippen LogP contribution < -0.4 is 36.3 Å². The Morgan fingerprint density at radius 3 is 1.67 bits per heavy atom. The molecule has 0 radical (unpaired) electrons. The summed E-state index contributed by atoms with van der Waals surface area (Å²) in [5.74, 6) is 3.93. The molecule has 0 saturated carbocycles. The molecule has 5 aromatic carbocycles. The highest BCUT2D eigenvalue weighted by molar-refractivity contribution is 7.02. The van der Waals surface area contributed by atoms with Crippen LogP contribution in [0.3, 0.4) is 0 Å². The van der Waals surface area contributed by atoms with Crippen molar-refractivity contribution in [3.63, 3.8) is 0 Å². The second kappa shape index (κ2) is 9.49. The third-order valence-electron chi connectivity index (χ3n) is 13.7. The van der Waals surface area contributed by atoms with Crippen molar-refractivity contribution in [3.05, 3.63) is 94.5 Å². The van der Waals surface area contributed by atoms with Crippen LogP contribution in [0.25, 0.3) is 10.8 Å². The molecular formula is C46H50B2N2O2. The fourth-order valence-corrected chi connectivity index (χ4v) is 9.81. The van der Waals surface area contributed by atoms with Crippen LogP contribution in [0.1, 0.15) is 118 Å². The van der Waals surface area contributed by atoms with Crippen molar-refractivity contribution >= 4 is 57.7 Å². The number of rotatable bonds is 0. The average molecular weight is 685 g/mol. The molecule has 0 amide bonds. The summed E-state index contributed by atoms with van der Waals surface area (Å²) in [6.45, 7) is 30.3. The van der Waals surface area contributed by atoms with Crippen molar-refractivity contribution in [2.75, 3.05) is 5.01 Å². The molecule has 0 aromatic heterocycles. The minimum Gasteiger partial charge on any atom is -0.458 e.